The second-order valence-corrected chi connectivity index (χ2v) is 2.60. The topological polar surface area (TPSA) is 110 Å². The van der Waals surface area contributed by atoms with Crippen molar-refractivity contribution in [3.63, 3.8) is 0 Å². The average molecular weight is 190 g/mol. The van der Waals surface area contributed by atoms with Crippen molar-refractivity contribution in [1.29, 1.82) is 0 Å². The van der Waals surface area contributed by atoms with Crippen molar-refractivity contribution in [1.82, 2.24) is 0 Å². The monoisotopic (exact) mass is 190 g/mol. The molecule has 0 aromatic heterocycles. The van der Waals surface area contributed by atoms with Gasteiger partial charge in [-0.3, -0.25) is 0 Å². The van der Waals surface area contributed by atoms with Gasteiger partial charge < -0.3 is 10.2 Å². The number of aliphatic hydroxyl groups is 1. The van der Waals surface area contributed by atoms with Gasteiger partial charge in [0.05, 0.1) is 12.8 Å². The predicted molar refractivity (Wildman–Crippen MR) is 34.0 cm³/mol. The first-order chi connectivity index (χ1) is 5.94. The molecule has 0 atom stereocenters. The fourth-order valence-corrected chi connectivity index (χ4v) is 0.843. The van der Waals surface area contributed by atoms with Crippen LogP contribution in [-0.4, -0.2) is 33.7 Å². The van der Waals surface area contributed by atoms with Crippen molar-refractivity contribution < 1.29 is 34.4 Å². The molecular formula is C6H6O7. The lowest BCUT2D eigenvalue weighted by molar-refractivity contribution is -0.255. The van der Waals surface area contributed by atoms with Crippen LogP contribution in [0.5, 0.6) is 0 Å². The number of carbonyl (C=O) groups excluding carboxylic acids is 2. The summed E-state index contributed by atoms with van der Waals surface area (Å²) in [6.45, 7) is 0. The summed E-state index contributed by atoms with van der Waals surface area (Å²) in [5, 5.41) is 17.8. The van der Waals surface area contributed by atoms with Crippen molar-refractivity contribution in [2.75, 3.05) is 0 Å². The van der Waals surface area contributed by atoms with Crippen LogP contribution in [0.25, 0.3) is 0 Å². The lowest BCUT2D eigenvalue weighted by atomic mass is 9.96. The molecule has 0 unspecified atom stereocenters. The molecule has 7 nitrogen and oxygen atoms in total. The van der Waals surface area contributed by atoms with E-state index in [0.717, 1.165) is 0 Å². The molecule has 1 aliphatic rings. The lowest BCUT2D eigenvalue weighted by Crippen LogP contribution is -2.41. The van der Waals surface area contributed by atoms with E-state index >= 15 is 0 Å². The lowest BCUT2D eigenvalue weighted by Gasteiger charge is -2.15. The van der Waals surface area contributed by atoms with E-state index in [9.17, 15) is 19.5 Å². The molecule has 1 rings (SSSR count). The van der Waals surface area contributed by atoms with Crippen LogP contribution in [0.2, 0.25) is 0 Å². The molecule has 1 aliphatic heterocycles. The quantitative estimate of drug-likeness (QED) is 0.489. The van der Waals surface area contributed by atoms with Crippen molar-refractivity contribution in [3.05, 3.63) is 0 Å². The van der Waals surface area contributed by atoms with Gasteiger partial charge in [0.2, 0.25) is 0 Å². The Hall–Kier alpha value is -1.63. The zero-order chi connectivity index (χ0) is 10.1. The maximum atomic E-state index is 10.6. The molecule has 0 aromatic rings. The minimum atomic E-state index is -2.43. The third kappa shape index (κ3) is 1.94. The highest BCUT2D eigenvalue weighted by Crippen LogP contribution is 2.20. The molecule has 7 heteroatoms. The normalized spacial score (nSPS) is 21.3. The Bertz CT molecular complexity index is 250. The van der Waals surface area contributed by atoms with Crippen LogP contribution in [0.4, 0.5) is 0 Å². The summed E-state index contributed by atoms with van der Waals surface area (Å²) in [4.78, 5) is 39.4. The summed E-state index contributed by atoms with van der Waals surface area (Å²) in [7, 11) is 0. The fraction of sp³-hybridized carbons (Fsp3) is 0.500. The second-order valence-electron chi connectivity index (χ2n) is 2.60. The van der Waals surface area contributed by atoms with Gasteiger partial charge in [-0.2, -0.15) is 0 Å². The Morgan fingerprint density at radius 2 is 1.62 bits per heavy atom. The Balaban J connectivity index is 2.89. The number of hydrogen-bond acceptors (Lipinski definition) is 6. The molecule has 0 aliphatic carbocycles. The number of carboxylic acids is 1. The van der Waals surface area contributed by atoms with E-state index < -0.39 is 36.4 Å². The first kappa shape index (κ1) is 9.46. The van der Waals surface area contributed by atoms with Crippen molar-refractivity contribution in [2.45, 2.75) is 18.4 Å². The number of rotatable bonds is 1. The smallest absolute Gasteiger partial charge is 0.359 e. The molecule has 1 heterocycles. The van der Waals surface area contributed by atoms with E-state index in [-0.39, 0.29) is 0 Å². The fourth-order valence-electron chi connectivity index (χ4n) is 0.843. The minimum Gasteiger partial charge on any atom is -0.479 e. The SMILES string of the molecule is O=C1CC(O)(C(=O)O)CC(=O)OO1. The van der Waals surface area contributed by atoms with Gasteiger partial charge in [0.1, 0.15) is 0 Å². The largest absolute Gasteiger partial charge is 0.479 e. The van der Waals surface area contributed by atoms with E-state index in [0.29, 0.717) is 0 Å². The first-order valence-electron chi connectivity index (χ1n) is 3.30. The maximum absolute atomic E-state index is 10.6. The molecule has 0 radical (unpaired) electrons. The zero-order valence-electron chi connectivity index (χ0n) is 6.35. The molecule has 0 amide bonds. The highest BCUT2D eigenvalue weighted by Gasteiger charge is 2.45. The van der Waals surface area contributed by atoms with Gasteiger partial charge in [0.25, 0.3) is 0 Å². The molecule has 1 fully saturated rings. The molecule has 0 saturated carbocycles. The van der Waals surface area contributed by atoms with Gasteiger partial charge in [-0.25, -0.2) is 24.2 Å². The molecule has 13 heavy (non-hydrogen) atoms. The van der Waals surface area contributed by atoms with Crippen LogP contribution >= 0.6 is 0 Å². The van der Waals surface area contributed by atoms with Gasteiger partial charge in [-0.05, 0) is 0 Å². The molecule has 1 saturated heterocycles. The van der Waals surface area contributed by atoms with Crippen LogP contribution in [-0.2, 0) is 24.2 Å². The summed E-state index contributed by atoms with van der Waals surface area (Å²) in [5.74, 6) is -3.87. The third-order valence-corrected chi connectivity index (χ3v) is 1.50. The standard InChI is InChI=1S/C6H6O7/c7-3-1-6(11,5(9)10)2-4(8)13-12-3/h11H,1-2H2,(H,9,10). The van der Waals surface area contributed by atoms with E-state index in [1.165, 1.54) is 0 Å². The number of aliphatic carboxylic acids is 1. The van der Waals surface area contributed by atoms with Crippen LogP contribution in [0.15, 0.2) is 0 Å². The van der Waals surface area contributed by atoms with Gasteiger partial charge >= 0.3 is 17.9 Å². The molecule has 0 spiro atoms. The first-order valence-corrected chi connectivity index (χ1v) is 3.30. The average Bonchev–Trinajstić information content (AvgIpc) is 2.11. The van der Waals surface area contributed by atoms with Gasteiger partial charge in [-0.15, -0.1) is 0 Å². The summed E-state index contributed by atoms with van der Waals surface area (Å²) in [6, 6.07) is 0. The van der Waals surface area contributed by atoms with E-state index in [1.54, 1.807) is 0 Å². The Labute approximate surface area is 71.8 Å². The van der Waals surface area contributed by atoms with Crippen LogP contribution in [0.3, 0.4) is 0 Å². The molecule has 0 aromatic carbocycles. The van der Waals surface area contributed by atoms with Crippen molar-refractivity contribution in [2.24, 2.45) is 0 Å². The van der Waals surface area contributed by atoms with Gasteiger partial charge in [0, 0.05) is 0 Å². The second kappa shape index (κ2) is 3.02. The van der Waals surface area contributed by atoms with Crippen LogP contribution in [0.1, 0.15) is 12.8 Å². The maximum Gasteiger partial charge on any atom is 0.359 e. The highest BCUT2D eigenvalue weighted by atomic mass is 17.2. The molecule has 2 N–H and O–H groups in total. The van der Waals surface area contributed by atoms with Crippen LogP contribution in [0, 0.1) is 0 Å². The zero-order valence-corrected chi connectivity index (χ0v) is 6.35. The van der Waals surface area contributed by atoms with E-state index in [4.69, 9.17) is 5.11 Å². The molecule has 72 valence electrons. The van der Waals surface area contributed by atoms with Crippen molar-refractivity contribution >= 4 is 17.9 Å². The summed E-state index contributed by atoms with van der Waals surface area (Å²) in [5.41, 5.74) is -2.43. The van der Waals surface area contributed by atoms with Gasteiger partial charge in [-0.1, -0.05) is 0 Å². The van der Waals surface area contributed by atoms with E-state index in [1.807, 2.05) is 0 Å². The number of carbonyl (C=O) groups is 3. The number of carboxylic acid groups (broad SMARTS) is 1. The number of hydrogen-bond donors (Lipinski definition) is 2. The van der Waals surface area contributed by atoms with Gasteiger partial charge in [0.15, 0.2) is 5.60 Å². The Kier molecular flexibility index (Phi) is 2.20. The van der Waals surface area contributed by atoms with Crippen LogP contribution < -0.4 is 0 Å². The third-order valence-electron chi connectivity index (χ3n) is 1.50. The predicted octanol–water partition coefficient (Wildman–Crippen LogP) is -1.40. The summed E-state index contributed by atoms with van der Waals surface area (Å²) >= 11 is 0. The highest BCUT2D eigenvalue weighted by molar-refractivity contribution is 5.90. The summed E-state index contributed by atoms with van der Waals surface area (Å²) in [6.07, 6.45) is -1.62. The molecule has 0 bridgehead atoms. The van der Waals surface area contributed by atoms with E-state index in [2.05, 4.69) is 9.78 Å². The van der Waals surface area contributed by atoms with Crippen molar-refractivity contribution in [3.8, 4) is 0 Å². The summed E-state index contributed by atoms with van der Waals surface area (Å²) < 4.78 is 0. The Morgan fingerprint density at radius 3 is 1.92 bits per heavy atom. The molecular weight excluding hydrogens is 184 g/mol. The minimum absolute atomic E-state index is 0.811. The Morgan fingerprint density at radius 1 is 1.23 bits per heavy atom.